The molecule has 0 bridgehead atoms. The Hall–Kier alpha value is -1.92. The molecule has 8 heteroatoms. The first kappa shape index (κ1) is 21.4. The van der Waals surface area contributed by atoms with Gasteiger partial charge in [0.2, 0.25) is 0 Å². The molecule has 0 saturated carbocycles. The summed E-state index contributed by atoms with van der Waals surface area (Å²) < 4.78 is 7.40. The molecule has 0 aliphatic heterocycles. The molecule has 27 heavy (non-hydrogen) atoms. The van der Waals surface area contributed by atoms with E-state index in [2.05, 4.69) is 0 Å². The zero-order valence-electron chi connectivity index (χ0n) is 15.9. The largest absolute Gasteiger partial charge is 0.489 e. The van der Waals surface area contributed by atoms with Crippen molar-refractivity contribution < 1.29 is 14.6 Å². The van der Waals surface area contributed by atoms with Crippen LogP contribution in [0.1, 0.15) is 33.6 Å². The standard InChI is InChI=1S/C19H24Cl2N2O4/c1-5-6-7-27-16-12-8-14(20)15(21)9-13(12)18(24)23(10-11(2)3)17(16)22(4)19(25)26/h8-9,11H,5-7,10H2,1-4H3,(H,25,26). The maximum atomic E-state index is 13.1. The van der Waals surface area contributed by atoms with Crippen molar-refractivity contribution in [2.75, 3.05) is 18.6 Å². The number of rotatable bonds is 7. The lowest BCUT2D eigenvalue weighted by molar-refractivity contribution is 0.202. The lowest BCUT2D eigenvalue weighted by atomic mass is 10.1. The van der Waals surface area contributed by atoms with E-state index in [0.717, 1.165) is 17.7 Å². The first-order chi connectivity index (χ1) is 12.7. The third-order valence-electron chi connectivity index (χ3n) is 4.14. The van der Waals surface area contributed by atoms with Crippen LogP contribution >= 0.6 is 23.2 Å². The highest BCUT2D eigenvalue weighted by atomic mass is 35.5. The van der Waals surface area contributed by atoms with Crippen LogP contribution < -0.4 is 15.2 Å². The summed E-state index contributed by atoms with van der Waals surface area (Å²) in [6.07, 6.45) is 0.523. The lowest BCUT2D eigenvalue weighted by Crippen LogP contribution is -2.34. The zero-order chi connectivity index (χ0) is 20.3. The predicted molar refractivity (Wildman–Crippen MR) is 110 cm³/mol. The van der Waals surface area contributed by atoms with E-state index in [4.69, 9.17) is 27.9 Å². The van der Waals surface area contributed by atoms with Gasteiger partial charge in [0.25, 0.3) is 5.56 Å². The van der Waals surface area contributed by atoms with Gasteiger partial charge in [-0.3, -0.25) is 14.3 Å². The van der Waals surface area contributed by atoms with E-state index in [1.807, 2.05) is 20.8 Å². The number of unbranched alkanes of at least 4 members (excludes halogenated alkanes) is 1. The van der Waals surface area contributed by atoms with E-state index in [-0.39, 0.29) is 27.3 Å². The molecule has 0 aliphatic rings. The van der Waals surface area contributed by atoms with Crippen LogP contribution in [0.5, 0.6) is 5.75 Å². The van der Waals surface area contributed by atoms with Gasteiger partial charge in [0, 0.05) is 19.0 Å². The van der Waals surface area contributed by atoms with Crippen molar-refractivity contribution in [3.63, 3.8) is 0 Å². The maximum absolute atomic E-state index is 13.1. The number of fused-ring (bicyclic) bond motifs is 1. The van der Waals surface area contributed by atoms with Gasteiger partial charge in [0.1, 0.15) is 0 Å². The van der Waals surface area contributed by atoms with Crippen molar-refractivity contribution in [3.05, 3.63) is 32.5 Å². The number of amides is 1. The molecule has 1 aromatic carbocycles. The molecule has 0 radical (unpaired) electrons. The normalized spacial score (nSPS) is 11.2. The number of benzene rings is 1. The van der Waals surface area contributed by atoms with Crippen LogP contribution in [0.15, 0.2) is 16.9 Å². The summed E-state index contributed by atoms with van der Waals surface area (Å²) in [5, 5.41) is 10.9. The number of nitrogens with zero attached hydrogens (tertiary/aromatic N) is 2. The molecule has 1 N–H and O–H groups in total. The molecule has 0 atom stereocenters. The fourth-order valence-electron chi connectivity index (χ4n) is 2.82. The Kier molecular flexibility index (Phi) is 7.00. The molecule has 0 unspecified atom stereocenters. The Morgan fingerprint density at radius 3 is 2.37 bits per heavy atom. The summed E-state index contributed by atoms with van der Waals surface area (Å²) >= 11 is 12.3. The number of aromatic nitrogens is 1. The number of hydrogen-bond donors (Lipinski definition) is 1. The van der Waals surface area contributed by atoms with Gasteiger partial charge in [-0.15, -0.1) is 0 Å². The zero-order valence-corrected chi connectivity index (χ0v) is 17.4. The number of pyridine rings is 1. The van der Waals surface area contributed by atoms with Crippen molar-refractivity contribution in [2.24, 2.45) is 5.92 Å². The van der Waals surface area contributed by atoms with Crippen LogP contribution in [-0.2, 0) is 6.54 Å². The molecular weight excluding hydrogens is 391 g/mol. The van der Waals surface area contributed by atoms with E-state index in [0.29, 0.717) is 29.7 Å². The number of halogens is 2. The first-order valence-corrected chi connectivity index (χ1v) is 9.59. The third-order valence-corrected chi connectivity index (χ3v) is 4.86. The Bertz CT molecular complexity index is 909. The second-order valence-corrected chi connectivity index (χ2v) is 7.63. The Morgan fingerprint density at radius 1 is 1.26 bits per heavy atom. The average Bonchev–Trinajstić information content (AvgIpc) is 2.59. The summed E-state index contributed by atoms with van der Waals surface area (Å²) in [4.78, 5) is 25.8. The molecule has 2 rings (SSSR count). The molecular formula is C19H24Cl2N2O4. The third kappa shape index (κ3) is 4.50. The lowest BCUT2D eigenvalue weighted by Gasteiger charge is -2.25. The van der Waals surface area contributed by atoms with Gasteiger partial charge >= 0.3 is 6.09 Å². The van der Waals surface area contributed by atoms with Gasteiger partial charge in [-0.05, 0) is 24.5 Å². The van der Waals surface area contributed by atoms with E-state index < -0.39 is 6.09 Å². The Balaban J connectivity index is 2.92. The molecule has 1 amide bonds. The minimum absolute atomic E-state index is 0.118. The quantitative estimate of drug-likeness (QED) is 0.627. The van der Waals surface area contributed by atoms with Gasteiger partial charge < -0.3 is 9.84 Å². The molecule has 0 saturated heterocycles. The van der Waals surface area contributed by atoms with Gasteiger partial charge in [-0.1, -0.05) is 50.4 Å². The van der Waals surface area contributed by atoms with Gasteiger partial charge in [0.15, 0.2) is 11.6 Å². The molecule has 6 nitrogen and oxygen atoms in total. The van der Waals surface area contributed by atoms with E-state index in [1.165, 1.54) is 17.7 Å². The van der Waals surface area contributed by atoms with Crippen LogP contribution in [-0.4, -0.2) is 29.4 Å². The maximum Gasteiger partial charge on any atom is 0.412 e. The highest BCUT2D eigenvalue weighted by molar-refractivity contribution is 6.42. The summed E-state index contributed by atoms with van der Waals surface area (Å²) in [5.41, 5.74) is -0.330. The molecule has 0 aliphatic carbocycles. The minimum atomic E-state index is -1.19. The van der Waals surface area contributed by atoms with Crippen molar-refractivity contribution in [1.29, 1.82) is 0 Å². The molecule has 0 fully saturated rings. The summed E-state index contributed by atoms with van der Waals surface area (Å²) in [6.45, 7) is 6.67. The van der Waals surface area contributed by atoms with Crippen LogP contribution in [0.4, 0.5) is 10.6 Å². The molecule has 1 aromatic heterocycles. The van der Waals surface area contributed by atoms with Crippen LogP contribution in [0, 0.1) is 5.92 Å². The first-order valence-electron chi connectivity index (χ1n) is 8.84. The average molecular weight is 415 g/mol. The highest BCUT2D eigenvalue weighted by Crippen LogP contribution is 2.38. The predicted octanol–water partition coefficient (Wildman–Crippen LogP) is 5.26. The minimum Gasteiger partial charge on any atom is -0.489 e. The van der Waals surface area contributed by atoms with Gasteiger partial charge in [-0.25, -0.2) is 4.79 Å². The number of carbonyl (C=O) groups is 1. The monoisotopic (exact) mass is 414 g/mol. The van der Waals surface area contributed by atoms with Crippen molar-refractivity contribution in [3.8, 4) is 5.75 Å². The van der Waals surface area contributed by atoms with Gasteiger partial charge in [0.05, 0.1) is 22.0 Å². The summed E-state index contributed by atoms with van der Waals surface area (Å²) in [6, 6.07) is 3.07. The number of anilines is 1. The Labute approximate surface area is 168 Å². The fraction of sp³-hybridized carbons (Fsp3) is 0.474. The number of ether oxygens (including phenoxy) is 1. The van der Waals surface area contributed by atoms with Crippen molar-refractivity contribution in [1.82, 2.24) is 4.57 Å². The second-order valence-electron chi connectivity index (χ2n) is 6.82. The van der Waals surface area contributed by atoms with E-state index >= 15 is 0 Å². The fourth-order valence-corrected chi connectivity index (χ4v) is 3.14. The Morgan fingerprint density at radius 2 is 1.85 bits per heavy atom. The SMILES string of the molecule is CCCCOc1c(N(C)C(=O)O)n(CC(C)C)c(=O)c2cc(Cl)c(Cl)cc12. The number of carboxylic acid groups (broad SMARTS) is 1. The molecule has 148 valence electrons. The van der Waals surface area contributed by atoms with Crippen LogP contribution in [0.3, 0.4) is 0 Å². The van der Waals surface area contributed by atoms with Crippen molar-refractivity contribution in [2.45, 2.75) is 40.2 Å². The van der Waals surface area contributed by atoms with Gasteiger partial charge in [-0.2, -0.15) is 0 Å². The van der Waals surface area contributed by atoms with Crippen LogP contribution in [0.2, 0.25) is 10.0 Å². The molecule has 1 heterocycles. The van der Waals surface area contributed by atoms with Crippen LogP contribution in [0.25, 0.3) is 10.8 Å². The second kappa shape index (κ2) is 8.85. The van der Waals surface area contributed by atoms with E-state index in [9.17, 15) is 14.7 Å². The number of hydrogen-bond acceptors (Lipinski definition) is 3. The highest BCUT2D eigenvalue weighted by Gasteiger charge is 2.25. The summed E-state index contributed by atoms with van der Waals surface area (Å²) in [7, 11) is 1.39. The van der Waals surface area contributed by atoms with E-state index in [1.54, 1.807) is 6.07 Å². The molecule has 2 aromatic rings. The molecule has 0 spiro atoms. The summed E-state index contributed by atoms with van der Waals surface area (Å²) in [5.74, 6) is 0.637. The topological polar surface area (TPSA) is 71.8 Å². The smallest absolute Gasteiger partial charge is 0.412 e. The van der Waals surface area contributed by atoms with Crippen molar-refractivity contribution >= 4 is 45.9 Å².